The SMILES string of the molecule is C=CCN1C(=O)C(Cc2ccc(Cl)cc2)SC1=NNC(=C)c1ccc(F)cc1. The topological polar surface area (TPSA) is 44.7 Å². The van der Waals surface area contributed by atoms with Crippen LogP contribution in [0.3, 0.4) is 0 Å². The number of benzene rings is 2. The molecule has 1 heterocycles. The molecule has 0 radical (unpaired) electrons. The fraction of sp³-hybridized carbons (Fsp3) is 0.143. The van der Waals surface area contributed by atoms with E-state index in [1.807, 2.05) is 24.3 Å². The van der Waals surface area contributed by atoms with Crippen LogP contribution in [0.1, 0.15) is 11.1 Å². The van der Waals surface area contributed by atoms with Gasteiger partial charge in [-0.05, 0) is 53.9 Å². The standard InChI is InChI=1S/C21H19ClFN3OS/c1-3-12-26-20(27)19(13-15-4-8-17(22)9-5-15)28-21(26)25-24-14(2)16-6-10-18(23)11-7-16/h3-11,19,24H,1-2,12-13H2. The van der Waals surface area contributed by atoms with Gasteiger partial charge in [-0.15, -0.1) is 11.7 Å². The van der Waals surface area contributed by atoms with Gasteiger partial charge >= 0.3 is 0 Å². The van der Waals surface area contributed by atoms with Crippen LogP contribution in [-0.2, 0) is 11.2 Å². The summed E-state index contributed by atoms with van der Waals surface area (Å²) in [6, 6.07) is 13.4. The molecule has 1 aliphatic heterocycles. The molecule has 0 spiro atoms. The number of thioether (sulfide) groups is 1. The second-order valence-electron chi connectivity index (χ2n) is 6.17. The predicted octanol–water partition coefficient (Wildman–Crippen LogP) is 4.68. The number of amides is 1. The molecule has 7 heteroatoms. The molecule has 1 aliphatic rings. The summed E-state index contributed by atoms with van der Waals surface area (Å²) in [5.41, 5.74) is 5.12. The highest BCUT2D eigenvalue weighted by Gasteiger charge is 2.37. The molecule has 28 heavy (non-hydrogen) atoms. The molecule has 1 unspecified atom stereocenters. The number of rotatable bonds is 7. The Morgan fingerprint density at radius 1 is 1.25 bits per heavy atom. The van der Waals surface area contributed by atoms with E-state index in [4.69, 9.17) is 11.6 Å². The molecule has 3 rings (SSSR count). The lowest BCUT2D eigenvalue weighted by Crippen LogP contribution is -2.33. The minimum absolute atomic E-state index is 0.0206. The van der Waals surface area contributed by atoms with Crippen molar-refractivity contribution in [3.8, 4) is 0 Å². The number of hydrogen-bond donors (Lipinski definition) is 1. The number of amidine groups is 1. The number of nitrogens with zero attached hydrogens (tertiary/aromatic N) is 2. The van der Waals surface area contributed by atoms with Crippen molar-refractivity contribution in [2.45, 2.75) is 11.7 Å². The van der Waals surface area contributed by atoms with E-state index in [1.54, 1.807) is 23.1 Å². The summed E-state index contributed by atoms with van der Waals surface area (Å²) in [5, 5.41) is 5.28. The molecule has 1 amide bonds. The maximum absolute atomic E-state index is 13.1. The van der Waals surface area contributed by atoms with Crippen molar-refractivity contribution >= 4 is 40.1 Å². The molecule has 1 fully saturated rings. The van der Waals surface area contributed by atoms with Gasteiger partial charge in [0.1, 0.15) is 5.82 Å². The Bertz CT molecular complexity index is 912. The summed E-state index contributed by atoms with van der Waals surface area (Å²) in [4.78, 5) is 14.4. The van der Waals surface area contributed by atoms with Crippen molar-refractivity contribution in [3.63, 3.8) is 0 Å². The minimum atomic E-state index is -0.318. The maximum Gasteiger partial charge on any atom is 0.242 e. The van der Waals surface area contributed by atoms with Crippen LogP contribution in [0.5, 0.6) is 0 Å². The first-order valence-corrected chi connectivity index (χ1v) is 9.85. The summed E-state index contributed by atoms with van der Waals surface area (Å²) in [5.74, 6) is -0.338. The molecule has 144 valence electrons. The molecule has 0 aromatic heterocycles. The zero-order chi connectivity index (χ0) is 20.1. The lowest BCUT2D eigenvalue weighted by molar-refractivity contribution is -0.125. The third-order valence-corrected chi connectivity index (χ3v) is 5.57. The van der Waals surface area contributed by atoms with E-state index < -0.39 is 0 Å². The maximum atomic E-state index is 13.1. The second kappa shape index (κ2) is 9.08. The van der Waals surface area contributed by atoms with E-state index in [0.29, 0.717) is 34.4 Å². The number of carbonyl (C=O) groups excluding carboxylic acids is 1. The first kappa shape index (κ1) is 20.2. The average Bonchev–Trinajstić information content (AvgIpc) is 2.98. The van der Waals surface area contributed by atoms with E-state index in [0.717, 1.165) is 5.56 Å². The van der Waals surface area contributed by atoms with Crippen LogP contribution >= 0.6 is 23.4 Å². The van der Waals surface area contributed by atoms with Gasteiger partial charge in [0.2, 0.25) is 5.91 Å². The van der Waals surface area contributed by atoms with Crippen LogP contribution in [0.2, 0.25) is 5.02 Å². The largest absolute Gasteiger partial charge is 0.285 e. The van der Waals surface area contributed by atoms with Crippen LogP contribution in [0.15, 0.2) is 72.9 Å². The minimum Gasteiger partial charge on any atom is -0.285 e. The van der Waals surface area contributed by atoms with Crippen LogP contribution in [0.25, 0.3) is 5.70 Å². The molecule has 0 aliphatic carbocycles. The summed E-state index contributed by atoms with van der Waals surface area (Å²) in [6.45, 7) is 8.00. The third-order valence-electron chi connectivity index (χ3n) is 4.15. The monoisotopic (exact) mass is 415 g/mol. The van der Waals surface area contributed by atoms with Crippen molar-refractivity contribution in [2.75, 3.05) is 6.54 Å². The Balaban J connectivity index is 1.72. The Morgan fingerprint density at radius 2 is 1.93 bits per heavy atom. The predicted molar refractivity (Wildman–Crippen MR) is 114 cm³/mol. The van der Waals surface area contributed by atoms with Crippen molar-refractivity contribution in [1.29, 1.82) is 0 Å². The van der Waals surface area contributed by atoms with E-state index in [9.17, 15) is 9.18 Å². The third kappa shape index (κ3) is 4.82. The number of nitrogens with one attached hydrogen (secondary N) is 1. The first-order chi connectivity index (χ1) is 13.5. The van der Waals surface area contributed by atoms with Crippen LogP contribution in [0.4, 0.5) is 4.39 Å². The van der Waals surface area contributed by atoms with Gasteiger partial charge < -0.3 is 0 Å². The average molecular weight is 416 g/mol. The molecule has 0 bridgehead atoms. The number of hydrazone groups is 1. The van der Waals surface area contributed by atoms with Gasteiger partial charge in [-0.3, -0.25) is 15.1 Å². The Kier molecular flexibility index (Phi) is 6.54. The smallest absolute Gasteiger partial charge is 0.242 e. The quantitative estimate of drug-likeness (QED) is 0.527. The van der Waals surface area contributed by atoms with Gasteiger partial charge in [0.25, 0.3) is 0 Å². The normalized spacial score (nSPS) is 17.8. The van der Waals surface area contributed by atoms with Gasteiger partial charge in [-0.1, -0.05) is 48.2 Å². The number of carbonyl (C=O) groups is 1. The Labute approximate surface area is 172 Å². The zero-order valence-electron chi connectivity index (χ0n) is 15.1. The Hall–Kier alpha value is -2.57. The fourth-order valence-corrected chi connectivity index (χ4v) is 3.96. The van der Waals surface area contributed by atoms with E-state index in [1.165, 1.54) is 23.9 Å². The summed E-state index contributed by atoms with van der Waals surface area (Å²) in [7, 11) is 0. The van der Waals surface area contributed by atoms with Gasteiger partial charge in [0.05, 0.1) is 10.9 Å². The summed E-state index contributed by atoms with van der Waals surface area (Å²) < 4.78 is 13.1. The van der Waals surface area contributed by atoms with Crippen molar-refractivity contribution < 1.29 is 9.18 Å². The molecule has 2 aromatic carbocycles. The molecule has 1 saturated heterocycles. The summed E-state index contributed by atoms with van der Waals surface area (Å²) in [6.07, 6.45) is 2.24. The lowest BCUT2D eigenvalue weighted by atomic mass is 10.1. The first-order valence-electron chi connectivity index (χ1n) is 8.60. The highest BCUT2D eigenvalue weighted by Crippen LogP contribution is 2.30. The molecular formula is C21H19ClFN3OS. The van der Waals surface area contributed by atoms with Crippen LogP contribution < -0.4 is 5.43 Å². The van der Waals surface area contributed by atoms with Gasteiger partial charge in [0, 0.05) is 11.6 Å². The fourth-order valence-electron chi connectivity index (χ4n) is 2.69. The second-order valence-corrected chi connectivity index (χ2v) is 7.77. The van der Waals surface area contributed by atoms with E-state index in [-0.39, 0.29) is 17.0 Å². The lowest BCUT2D eigenvalue weighted by Gasteiger charge is -2.14. The summed E-state index contributed by atoms with van der Waals surface area (Å²) >= 11 is 7.31. The molecule has 0 saturated carbocycles. The van der Waals surface area contributed by atoms with Crippen molar-refractivity contribution in [1.82, 2.24) is 10.3 Å². The molecule has 2 aromatic rings. The number of halogens is 2. The molecule has 4 nitrogen and oxygen atoms in total. The van der Waals surface area contributed by atoms with Crippen LogP contribution in [-0.4, -0.2) is 27.8 Å². The Morgan fingerprint density at radius 3 is 2.57 bits per heavy atom. The van der Waals surface area contributed by atoms with Crippen LogP contribution in [0, 0.1) is 5.82 Å². The number of hydrogen-bond acceptors (Lipinski definition) is 4. The van der Waals surface area contributed by atoms with E-state index >= 15 is 0 Å². The molecule has 1 atom stereocenters. The highest BCUT2D eigenvalue weighted by atomic mass is 35.5. The van der Waals surface area contributed by atoms with Gasteiger partial charge in [0.15, 0.2) is 5.17 Å². The zero-order valence-corrected chi connectivity index (χ0v) is 16.6. The molecule has 1 N–H and O–H groups in total. The molecular weight excluding hydrogens is 397 g/mol. The van der Waals surface area contributed by atoms with Gasteiger partial charge in [-0.2, -0.15) is 0 Å². The van der Waals surface area contributed by atoms with Crippen molar-refractivity contribution in [3.05, 3.63) is 89.7 Å². The van der Waals surface area contributed by atoms with Gasteiger partial charge in [-0.25, -0.2) is 4.39 Å². The van der Waals surface area contributed by atoms with Crippen molar-refractivity contribution in [2.24, 2.45) is 5.10 Å². The van der Waals surface area contributed by atoms with E-state index in [2.05, 4.69) is 23.7 Å². The highest BCUT2D eigenvalue weighted by molar-refractivity contribution is 8.15.